The lowest BCUT2D eigenvalue weighted by molar-refractivity contribution is 0.252. The number of nitrogens with one attached hydrogen (secondary N) is 2. The fourth-order valence-electron chi connectivity index (χ4n) is 1.62. The first-order chi connectivity index (χ1) is 9.15. The Morgan fingerprint density at radius 3 is 2.84 bits per heavy atom. The van der Waals surface area contributed by atoms with Crippen LogP contribution < -0.4 is 10.7 Å². The second-order valence-corrected chi connectivity index (χ2v) is 5.14. The van der Waals surface area contributed by atoms with Crippen molar-refractivity contribution in [2.24, 2.45) is 5.10 Å². The first-order valence-corrected chi connectivity index (χ1v) is 6.74. The van der Waals surface area contributed by atoms with Gasteiger partial charge in [0.25, 0.3) is 0 Å². The van der Waals surface area contributed by atoms with E-state index >= 15 is 0 Å². The van der Waals surface area contributed by atoms with Gasteiger partial charge in [0.05, 0.1) is 6.21 Å². The van der Waals surface area contributed by atoms with Crippen molar-refractivity contribution in [3.05, 3.63) is 51.7 Å². The Balaban J connectivity index is 1.91. The molecule has 1 heterocycles. The van der Waals surface area contributed by atoms with Gasteiger partial charge >= 0.3 is 6.03 Å². The lowest BCUT2D eigenvalue weighted by Crippen LogP contribution is -2.24. The summed E-state index contributed by atoms with van der Waals surface area (Å²) in [5.41, 5.74) is 5.42. The van der Waals surface area contributed by atoms with Crippen LogP contribution in [-0.2, 0) is 0 Å². The van der Waals surface area contributed by atoms with Crippen LogP contribution in [0.1, 0.15) is 16.0 Å². The van der Waals surface area contributed by atoms with Crippen molar-refractivity contribution in [3.63, 3.8) is 0 Å². The summed E-state index contributed by atoms with van der Waals surface area (Å²) in [6, 6.07) is 9.37. The molecule has 4 nitrogen and oxygen atoms in total. The molecular formula is C14H15N3OS. The molecule has 0 atom stereocenters. The highest BCUT2D eigenvalue weighted by Gasteiger charge is 2.02. The van der Waals surface area contributed by atoms with Crippen LogP contribution >= 0.6 is 11.3 Å². The van der Waals surface area contributed by atoms with Gasteiger partial charge in [0.15, 0.2) is 0 Å². The number of nitrogens with zero attached hydrogens (tertiary/aromatic N) is 1. The molecule has 0 radical (unpaired) electrons. The average Bonchev–Trinajstić information content (AvgIpc) is 2.86. The van der Waals surface area contributed by atoms with Crippen LogP contribution in [0.25, 0.3) is 0 Å². The fourth-order valence-corrected chi connectivity index (χ4v) is 2.21. The van der Waals surface area contributed by atoms with Gasteiger partial charge in [0.1, 0.15) is 0 Å². The van der Waals surface area contributed by atoms with E-state index in [2.05, 4.69) is 15.8 Å². The maximum absolute atomic E-state index is 11.6. The number of benzene rings is 1. The predicted octanol–water partition coefficient (Wildman–Crippen LogP) is 3.52. The maximum atomic E-state index is 11.6. The van der Waals surface area contributed by atoms with Crippen LogP contribution in [0.4, 0.5) is 10.5 Å². The molecule has 1 aromatic heterocycles. The lowest BCUT2D eigenvalue weighted by Gasteiger charge is -2.08. The third kappa shape index (κ3) is 3.93. The number of rotatable bonds is 3. The molecule has 0 aliphatic carbocycles. The molecule has 5 heteroatoms. The van der Waals surface area contributed by atoms with E-state index in [0.29, 0.717) is 0 Å². The average molecular weight is 273 g/mol. The molecular weight excluding hydrogens is 258 g/mol. The van der Waals surface area contributed by atoms with Crippen molar-refractivity contribution in [2.45, 2.75) is 13.8 Å². The van der Waals surface area contributed by atoms with E-state index in [-0.39, 0.29) is 6.03 Å². The summed E-state index contributed by atoms with van der Waals surface area (Å²) in [5, 5.41) is 8.59. The van der Waals surface area contributed by atoms with E-state index in [1.165, 1.54) is 5.56 Å². The Hall–Kier alpha value is -2.14. The minimum Gasteiger partial charge on any atom is -0.306 e. The van der Waals surface area contributed by atoms with Gasteiger partial charge in [-0.1, -0.05) is 23.8 Å². The van der Waals surface area contributed by atoms with Crippen LogP contribution in [0.15, 0.2) is 40.8 Å². The third-order valence-electron chi connectivity index (χ3n) is 2.53. The number of hydrogen-bond acceptors (Lipinski definition) is 3. The summed E-state index contributed by atoms with van der Waals surface area (Å²) in [6.45, 7) is 3.97. The molecule has 0 saturated carbocycles. The summed E-state index contributed by atoms with van der Waals surface area (Å²) in [7, 11) is 0. The summed E-state index contributed by atoms with van der Waals surface area (Å²) in [4.78, 5) is 12.6. The van der Waals surface area contributed by atoms with E-state index in [9.17, 15) is 4.79 Å². The number of anilines is 1. The number of hydrazone groups is 1. The van der Waals surface area contributed by atoms with Gasteiger partial charge in [-0.05, 0) is 36.9 Å². The van der Waals surface area contributed by atoms with Crippen LogP contribution in [0, 0.1) is 13.8 Å². The van der Waals surface area contributed by atoms with Gasteiger partial charge in [-0.2, -0.15) is 5.10 Å². The Morgan fingerprint density at radius 2 is 2.16 bits per heavy atom. The molecule has 2 aromatic rings. The van der Waals surface area contributed by atoms with Crippen molar-refractivity contribution in [1.29, 1.82) is 0 Å². The zero-order valence-electron chi connectivity index (χ0n) is 10.8. The van der Waals surface area contributed by atoms with Crippen molar-refractivity contribution >= 4 is 29.3 Å². The zero-order chi connectivity index (χ0) is 13.7. The van der Waals surface area contributed by atoms with Gasteiger partial charge in [0, 0.05) is 10.6 Å². The van der Waals surface area contributed by atoms with Crippen molar-refractivity contribution in [2.75, 3.05) is 5.32 Å². The van der Waals surface area contributed by atoms with Gasteiger partial charge in [-0.3, -0.25) is 0 Å². The molecule has 0 bridgehead atoms. The van der Waals surface area contributed by atoms with E-state index in [4.69, 9.17) is 0 Å². The number of hydrogen-bond donors (Lipinski definition) is 2. The molecule has 0 fully saturated rings. The minimum atomic E-state index is -0.347. The molecule has 0 saturated heterocycles. The molecule has 1 aromatic carbocycles. The first-order valence-electron chi connectivity index (χ1n) is 5.86. The third-order valence-corrected chi connectivity index (χ3v) is 3.34. The van der Waals surface area contributed by atoms with Crippen LogP contribution in [0.3, 0.4) is 0 Å². The number of carbonyl (C=O) groups excluding carboxylic acids is 1. The van der Waals surface area contributed by atoms with Crippen LogP contribution in [0.5, 0.6) is 0 Å². The Kier molecular flexibility index (Phi) is 4.30. The summed E-state index contributed by atoms with van der Waals surface area (Å²) in [5.74, 6) is 0. The largest absolute Gasteiger partial charge is 0.339 e. The van der Waals surface area contributed by atoms with Crippen molar-refractivity contribution < 1.29 is 4.79 Å². The maximum Gasteiger partial charge on any atom is 0.339 e. The number of urea groups is 1. The highest BCUT2D eigenvalue weighted by Crippen LogP contribution is 2.15. The highest BCUT2D eigenvalue weighted by molar-refractivity contribution is 7.11. The zero-order valence-corrected chi connectivity index (χ0v) is 11.6. The Bertz CT molecular complexity index is 591. The fraction of sp³-hybridized carbons (Fsp3) is 0.143. The molecule has 2 N–H and O–H groups in total. The molecule has 0 aliphatic heterocycles. The predicted molar refractivity (Wildman–Crippen MR) is 80.0 cm³/mol. The van der Waals surface area contributed by atoms with Crippen molar-refractivity contribution in [1.82, 2.24) is 5.43 Å². The minimum absolute atomic E-state index is 0.347. The summed E-state index contributed by atoms with van der Waals surface area (Å²) < 4.78 is 0. The second kappa shape index (κ2) is 6.15. The highest BCUT2D eigenvalue weighted by atomic mass is 32.1. The number of aryl methyl sites for hydroxylation is 2. The number of amides is 2. The summed E-state index contributed by atoms with van der Waals surface area (Å²) in [6.07, 6.45) is 1.62. The Morgan fingerprint density at radius 1 is 1.32 bits per heavy atom. The van der Waals surface area contributed by atoms with Crippen LogP contribution in [-0.4, -0.2) is 12.2 Å². The monoisotopic (exact) mass is 273 g/mol. The standard InChI is InChI=1S/C14H15N3OS/c1-10-5-6-13(11(2)8-10)16-14(18)17-15-9-12-4-3-7-19-12/h3-9H,1-2H3,(H2,16,17,18). The van der Waals surface area contributed by atoms with Gasteiger partial charge in [-0.15, -0.1) is 11.3 Å². The number of thiophene rings is 1. The molecule has 19 heavy (non-hydrogen) atoms. The van der Waals surface area contributed by atoms with E-state index in [1.807, 2.05) is 49.6 Å². The topological polar surface area (TPSA) is 53.5 Å². The molecule has 2 amide bonds. The second-order valence-electron chi connectivity index (χ2n) is 4.16. The van der Waals surface area contributed by atoms with E-state index < -0.39 is 0 Å². The quantitative estimate of drug-likeness (QED) is 0.652. The van der Waals surface area contributed by atoms with E-state index in [1.54, 1.807) is 17.6 Å². The molecule has 2 rings (SSSR count). The lowest BCUT2D eigenvalue weighted by atomic mass is 10.1. The van der Waals surface area contributed by atoms with E-state index in [0.717, 1.165) is 16.1 Å². The van der Waals surface area contributed by atoms with Crippen molar-refractivity contribution in [3.8, 4) is 0 Å². The number of carbonyl (C=O) groups is 1. The summed E-state index contributed by atoms with van der Waals surface area (Å²) >= 11 is 1.56. The molecule has 0 unspecified atom stereocenters. The van der Waals surface area contributed by atoms with Crippen LogP contribution in [0.2, 0.25) is 0 Å². The Labute approximate surface area is 116 Å². The van der Waals surface area contributed by atoms with Gasteiger partial charge in [-0.25, -0.2) is 10.2 Å². The van der Waals surface area contributed by atoms with Gasteiger partial charge in [0.2, 0.25) is 0 Å². The smallest absolute Gasteiger partial charge is 0.306 e. The molecule has 98 valence electrons. The first kappa shape index (κ1) is 13.3. The normalized spacial score (nSPS) is 10.6. The SMILES string of the molecule is Cc1ccc(NC(=O)NN=Cc2cccs2)c(C)c1. The molecule has 0 spiro atoms. The molecule has 0 aliphatic rings. The van der Waals surface area contributed by atoms with Gasteiger partial charge < -0.3 is 5.32 Å².